The Hall–Kier alpha value is -3.77. The van der Waals surface area contributed by atoms with E-state index in [1.165, 1.54) is 11.3 Å². The standard InChI is InChI=1S/C24H18N4OS/c1-17-8-2-4-11-20(17)27-24-28(26-15-19-10-6-7-13-25-19)21(16-30-24)23-14-18-9-3-5-12-22(18)29-23/h2-16H,1H3. The van der Waals surface area contributed by atoms with Gasteiger partial charge in [0, 0.05) is 17.0 Å². The monoisotopic (exact) mass is 410 g/mol. The summed E-state index contributed by atoms with van der Waals surface area (Å²) in [6, 6.07) is 23.8. The maximum Gasteiger partial charge on any atom is 0.211 e. The highest BCUT2D eigenvalue weighted by Crippen LogP contribution is 2.28. The third kappa shape index (κ3) is 3.60. The molecule has 30 heavy (non-hydrogen) atoms. The quantitative estimate of drug-likeness (QED) is 0.353. The number of hydrogen-bond acceptors (Lipinski definition) is 5. The number of fused-ring (bicyclic) bond motifs is 1. The van der Waals surface area contributed by atoms with Gasteiger partial charge in [-0.1, -0.05) is 42.5 Å². The second-order valence-electron chi connectivity index (χ2n) is 6.76. The molecule has 5 aromatic rings. The van der Waals surface area contributed by atoms with Crippen LogP contribution in [0.5, 0.6) is 0 Å². The van der Waals surface area contributed by atoms with Crippen LogP contribution in [-0.4, -0.2) is 15.9 Å². The summed E-state index contributed by atoms with van der Waals surface area (Å²) in [5, 5.41) is 7.77. The maximum absolute atomic E-state index is 6.09. The van der Waals surface area contributed by atoms with Gasteiger partial charge >= 0.3 is 0 Å². The number of nitrogens with zero attached hydrogens (tertiary/aromatic N) is 4. The van der Waals surface area contributed by atoms with Crippen LogP contribution in [0.1, 0.15) is 11.3 Å². The summed E-state index contributed by atoms with van der Waals surface area (Å²) in [5.41, 5.74) is 4.48. The van der Waals surface area contributed by atoms with Gasteiger partial charge in [0.05, 0.1) is 17.6 Å². The lowest BCUT2D eigenvalue weighted by Crippen LogP contribution is -2.11. The third-order valence-electron chi connectivity index (χ3n) is 4.69. The fourth-order valence-electron chi connectivity index (χ4n) is 3.13. The van der Waals surface area contributed by atoms with Gasteiger partial charge in [0.2, 0.25) is 4.80 Å². The first kappa shape index (κ1) is 18.3. The maximum atomic E-state index is 6.09. The molecule has 0 unspecified atom stereocenters. The number of hydrogen-bond donors (Lipinski definition) is 0. The fourth-order valence-corrected chi connectivity index (χ4v) is 3.96. The van der Waals surface area contributed by atoms with E-state index in [9.17, 15) is 0 Å². The lowest BCUT2D eigenvalue weighted by molar-refractivity contribution is 0.622. The average molecular weight is 411 g/mol. The van der Waals surface area contributed by atoms with Gasteiger partial charge in [-0.25, -0.2) is 9.67 Å². The van der Waals surface area contributed by atoms with Crippen LogP contribution in [0.2, 0.25) is 0 Å². The van der Waals surface area contributed by atoms with Gasteiger partial charge in [0.25, 0.3) is 0 Å². The Kier molecular flexibility index (Phi) is 4.83. The van der Waals surface area contributed by atoms with Crippen molar-refractivity contribution in [1.29, 1.82) is 0 Å². The zero-order valence-electron chi connectivity index (χ0n) is 16.3. The van der Waals surface area contributed by atoms with Crippen LogP contribution in [0.4, 0.5) is 5.69 Å². The fraction of sp³-hybridized carbons (Fsp3) is 0.0417. The van der Waals surface area contributed by atoms with Crippen molar-refractivity contribution in [3.8, 4) is 11.5 Å². The van der Waals surface area contributed by atoms with Crippen molar-refractivity contribution in [2.45, 2.75) is 6.92 Å². The molecule has 3 heterocycles. The predicted octanol–water partition coefficient (Wildman–Crippen LogP) is 5.78. The van der Waals surface area contributed by atoms with E-state index in [-0.39, 0.29) is 0 Å². The number of rotatable bonds is 4. The van der Waals surface area contributed by atoms with Crippen molar-refractivity contribution in [2.75, 3.05) is 0 Å². The van der Waals surface area contributed by atoms with E-state index < -0.39 is 0 Å². The van der Waals surface area contributed by atoms with Crippen LogP contribution in [-0.2, 0) is 0 Å². The lowest BCUT2D eigenvalue weighted by atomic mass is 10.2. The largest absolute Gasteiger partial charge is 0.454 e. The van der Waals surface area contributed by atoms with Gasteiger partial charge in [0.1, 0.15) is 11.3 Å². The van der Waals surface area contributed by atoms with Gasteiger partial charge in [-0.05, 0) is 42.8 Å². The summed E-state index contributed by atoms with van der Waals surface area (Å²) >= 11 is 1.52. The van der Waals surface area contributed by atoms with Crippen molar-refractivity contribution >= 4 is 34.2 Å². The molecule has 0 N–H and O–H groups in total. The van der Waals surface area contributed by atoms with Gasteiger partial charge in [-0.2, -0.15) is 5.10 Å². The van der Waals surface area contributed by atoms with Crippen molar-refractivity contribution in [1.82, 2.24) is 9.66 Å². The molecule has 5 rings (SSSR count). The number of pyridine rings is 1. The van der Waals surface area contributed by atoms with E-state index in [2.05, 4.69) is 4.98 Å². The van der Waals surface area contributed by atoms with Crippen LogP contribution >= 0.6 is 11.3 Å². The third-order valence-corrected chi connectivity index (χ3v) is 5.50. The first-order chi connectivity index (χ1) is 14.8. The highest BCUT2D eigenvalue weighted by molar-refractivity contribution is 7.07. The second-order valence-corrected chi connectivity index (χ2v) is 7.60. The summed E-state index contributed by atoms with van der Waals surface area (Å²) in [4.78, 5) is 9.94. The predicted molar refractivity (Wildman–Crippen MR) is 121 cm³/mol. The van der Waals surface area contributed by atoms with Crippen molar-refractivity contribution < 1.29 is 4.42 Å². The van der Waals surface area contributed by atoms with E-state index in [4.69, 9.17) is 14.5 Å². The van der Waals surface area contributed by atoms with Gasteiger partial charge < -0.3 is 4.42 Å². The van der Waals surface area contributed by atoms with Gasteiger partial charge in [-0.15, -0.1) is 11.3 Å². The molecule has 6 heteroatoms. The van der Waals surface area contributed by atoms with Crippen molar-refractivity contribution in [2.24, 2.45) is 10.1 Å². The Bertz CT molecular complexity index is 1380. The Morgan fingerprint density at radius 1 is 1.00 bits per heavy atom. The first-order valence-corrected chi connectivity index (χ1v) is 10.4. The van der Waals surface area contributed by atoms with Crippen molar-refractivity contribution in [3.05, 3.63) is 100 Å². The summed E-state index contributed by atoms with van der Waals surface area (Å²) in [6.07, 6.45) is 3.48. The number of thiazole rings is 1. The molecular formula is C24H18N4OS. The van der Waals surface area contributed by atoms with E-state index in [0.717, 1.165) is 44.2 Å². The van der Waals surface area contributed by atoms with Crippen LogP contribution in [0, 0.1) is 6.92 Å². The number of aromatic nitrogens is 2. The highest BCUT2D eigenvalue weighted by atomic mass is 32.1. The second kappa shape index (κ2) is 7.93. The highest BCUT2D eigenvalue weighted by Gasteiger charge is 2.13. The molecule has 0 aliphatic rings. The van der Waals surface area contributed by atoms with Crippen LogP contribution in [0.25, 0.3) is 22.4 Å². The Morgan fingerprint density at radius 3 is 2.67 bits per heavy atom. The van der Waals surface area contributed by atoms with Gasteiger partial charge in [-0.3, -0.25) is 4.98 Å². The number of para-hydroxylation sites is 2. The Balaban J connectivity index is 1.68. The average Bonchev–Trinajstić information content (AvgIpc) is 3.38. The molecule has 0 saturated heterocycles. The normalized spacial score (nSPS) is 12.2. The zero-order chi connectivity index (χ0) is 20.3. The molecule has 0 saturated carbocycles. The first-order valence-electron chi connectivity index (χ1n) is 9.53. The molecule has 2 aromatic carbocycles. The van der Waals surface area contributed by atoms with Gasteiger partial charge in [0.15, 0.2) is 5.76 Å². The molecule has 0 fully saturated rings. The summed E-state index contributed by atoms with van der Waals surface area (Å²) < 4.78 is 7.90. The van der Waals surface area contributed by atoms with E-state index in [1.807, 2.05) is 89.8 Å². The number of benzene rings is 2. The smallest absolute Gasteiger partial charge is 0.211 e. The molecule has 146 valence electrons. The minimum Gasteiger partial charge on any atom is -0.454 e. The SMILES string of the molecule is Cc1ccccc1N=c1scc(-c2cc3ccccc3o2)n1N=Cc1ccccn1. The molecule has 0 spiro atoms. The minimum atomic E-state index is 0.747. The molecule has 0 aliphatic carbocycles. The van der Waals surface area contributed by atoms with E-state index in [0.29, 0.717) is 0 Å². The Labute approximate surface area is 177 Å². The summed E-state index contributed by atoms with van der Waals surface area (Å²) in [7, 11) is 0. The number of furan rings is 1. The zero-order valence-corrected chi connectivity index (χ0v) is 17.1. The molecule has 0 radical (unpaired) electrons. The summed E-state index contributed by atoms with van der Waals surface area (Å²) in [5.74, 6) is 0.747. The molecule has 5 nitrogen and oxygen atoms in total. The minimum absolute atomic E-state index is 0.747. The molecule has 3 aromatic heterocycles. The Morgan fingerprint density at radius 2 is 1.83 bits per heavy atom. The van der Waals surface area contributed by atoms with Crippen LogP contribution in [0.15, 0.2) is 98.9 Å². The van der Waals surface area contributed by atoms with Crippen LogP contribution < -0.4 is 4.80 Å². The van der Waals surface area contributed by atoms with E-state index in [1.54, 1.807) is 12.4 Å². The van der Waals surface area contributed by atoms with E-state index >= 15 is 0 Å². The molecule has 0 amide bonds. The van der Waals surface area contributed by atoms with Crippen molar-refractivity contribution in [3.63, 3.8) is 0 Å². The molecular weight excluding hydrogens is 392 g/mol. The number of aryl methyl sites for hydroxylation is 1. The molecule has 0 atom stereocenters. The lowest BCUT2D eigenvalue weighted by Gasteiger charge is -2.01. The molecule has 0 bridgehead atoms. The molecule has 0 aliphatic heterocycles. The van der Waals surface area contributed by atoms with Crippen LogP contribution in [0.3, 0.4) is 0 Å². The summed E-state index contributed by atoms with van der Waals surface area (Å²) in [6.45, 7) is 2.05. The topological polar surface area (TPSA) is 55.7 Å².